The van der Waals surface area contributed by atoms with E-state index in [1.165, 1.54) is 0 Å². The van der Waals surface area contributed by atoms with Crippen LogP contribution < -0.4 is 0 Å². The van der Waals surface area contributed by atoms with Gasteiger partial charge in [-0.1, -0.05) is 5.16 Å². The molecule has 14 heavy (non-hydrogen) atoms. The van der Waals surface area contributed by atoms with E-state index in [2.05, 4.69) is 17.0 Å². The second kappa shape index (κ2) is 4.11. The van der Waals surface area contributed by atoms with Crippen LogP contribution in [0.15, 0.2) is 10.6 Å². The molecular weight excluding hydrogens is 180 g/mol. The molecule has 4 heteroatoms. The van der Waals surface area contributed by atoms with Crippen LogP contribution in [0.1, 0.15) is 18.4 Å². The first kappa shape index (κ1) is 9.68. The Labute approximate surface area is 83.8 Å². The maximum absolute atomic E-state index is 5.46. The molecule has 0 N–H and O–H groups in total. The number of hydrogen-bond acceptors (Lipinski definition) is 4. The lowest BCUT2D eigenvalue weighted by molar-refractivity contribution is -0.0235. The van der Waals surface area contributed by atoms with Crippen molar-refractivity contribution in [2.45, 2.75) is 26.5 Å². The smallest absolute Gasteiger partial charge is 0.150 e. The van der Waals surface area contributed by atoms with Gasteiger partial charge in [0.25, 0.3) is 0 Å². The standard InChI is InChI=1S/C10H16N2O2/c1-8-5-10(14-11-8)7-12-3-4-13-9(2)6-12/h5,9H,3-4,6-7H2,1-2H3/t9-/m1/s1. The molecule has 0 spiro atoms. The average molecular weight is 196 g/mol. The highest BCUT2D eigenvalue weighted by molar-refractivity contribution is 5.02. The van der Waals surface area contributed by atoms with Crippen LogP contribution in [-0.4, -0.2) is 35.9 Å². The number of morpholine rings is 1. The van der Waals surface area contributed by atoms with Crippen LogP contribution in [0.5, 0.6) is 0 Å². The summed E-state index contributed by atoms with van der Waals surface area (Å²) in [5.41, 5.74) is 0.946. The van der Waals surface area contributed by atoms with Crippen molar-refractivity contribution in [2.24, 2.45) is 0 Å². The van der Waals surface area contributed by atoms with Gasteiger partial charge in [-0.05, 0) is 13.8 Å². The van der Waals surface area contributed by atoms with Gasteiger partial charge >= 0.3 is 0 Å². The van der Waals surface area contributed by atoms with Gasteiger partial charge in [0.2, 0.25) is 0 Å². The zero-order chi connectivity index (χ0) is 9.97. The SMILES string of the molecule is Cc1cc(CN2CCO[C@H](C)C2)on1. The third-order valence-corrected chi connectivity index (χ3v) is 2.38. The second-order valence-corrected chi connectivity index (χ2v) is 3.85. The van der Waals surface area contributed by atoms with Gasteiger partial charge in [-0.3, -0.25) is 4.90 Å². The molecule has 0 saturated carbocycles. The Morgan fingerprint density at radius 2 is 2.50 bits per heavy atom. The Bertz CT molecular complexity index is 298. The van der Waals surface area contributed by atoms with Crippen molar-refractivity contribution in [1.29, 1.82) is 0 Å². The fourth-order valence-electron chi connectivity index (χ4n) is 1.75. The van der Waals surface area contributed by atoms with Gasteiger partial charge in [0, 0.05) is 19.2 Å². The van der Waals surface area contributed by atoms with Crippen molar-refractivity contribution in [2.75, 3.05) is 19.7 Å². The van der Waals surface area contributed by atoms with Crippen LogP contribution in [0, 0.1) is 6.92 Å². The van der Waals surface area contributed by atoms with Crippen molar-refractivity contribution >= 4 is 0 Å². The Balaban J connectivity index is 1.90. The van der Waals surface area contributed by atoms with E-state index < -0.39 is 0 Å². The van der Waals surface area contributed by atoms with Gasteiger partial charge in [-0.2, -0.15) is 0 Å². The molecule has 0 aliphatic carbocycles. The average Bonchev–Trinajstić information content (AvgIpc) is 2.51. The summed E-state index contributed by atoms with van der Waals surface area (Å²) < 4.78 is 10.6. The monoisotopic (exact) mass is 196 g/mol. The summed E-state index contributed by atoms with van der Waals surface area (Å²) in [6, 6.07) is 1.99. The second-order valence-electron chi connectivity index (χ2n) is 3.85. The summed E-state index contributed by atoms with van der Waals surface area (Å²) in [4.78, 5) is 2.33. The predicted octanol–water partition coefficient (Wildman–Crippen LogP) is 1.20. The number of hydrogen-bond donors (Lipinski definition) is 0. The minimum absolute atomic E-state index is 0.327. The van der Waals surface area contributed by atoms with Crippen molar-refractivity contribution < 1.29 is 9.26 Å². The molecule has 1 aromatic heterocycles. The maximum atomic E-state index is 5.46. The zero-order valence-corrected chi connectivity index (χ0v) is 8.69. The van der Waals surface area contributed by atoms with E-state index >= 15 is 0 Å². The Kier molecular flexibility index (Phi) is 2.84. The topological polar surface area (TPSA) is 38.5 Å². The number of aromatic nitrogens is 1. The van der Waals surface area contributed by atoms with E-state index in [0.717, 1.165) is 37.7 Å². The van der Waals surface area contributed by atoms with E-state index in [4.69, 9.17) is 9.26 Å². The Morgan fingerprint density at radius 3 is 3.14 bits per heavy atom. The van der Waals surface area contributed by atoms with Crippen LogP contribution in [0.3, 0.4) is 0 Å². The summed E-state index contributed by atoms with van der Waals surface area (Å²) >= 11 is 0. The molecule has 0 radical (unpaired) electrons. The quantitative estimate of drug-likeness (QED) is 0.712. The largest absolute Gasteiger partial charge is 0.376 e. The van der Waals surface area contributed by atoms with Crippen LogP contribution in [0.4, 0.5) is 0 Å². The molecule has 1 aliphatic heterocycles. The molecule has 2 rings (SSSR count). The van der Waals surface area contributed by atoms with E-state index in [1.807, 2.05) is 13.0 Å². The summed E-state index contributed by atoms with van der Waals surface area (Å²) in [7, 11) is 0. The van der Waals surface area contributed by atoms with Crippen LogP contribution in [0.25, 0.3) is 0 Å². The molecule has 1 aromatic rings. The lowest BCUT2D eigenvalue weighted by Crippen LogP contribution is -2.40. The molecule has 1 atom stereocenters. The molecule has 1 saturated heterocycles. The van der Waals surface area contributed by atoms with Gasteiger partial charge in [0.05, 0.1) is 24.9 Å². The summed E-state index contributed by atoms with van der Waals surface area (Å²) in [5.74, 6) is 0.941. The summed E-state index contributed by atoms with van der Waals surface area (Å²) in [6.07, 6.45) is 0.327. The van der Waals surface area contributed by atoms with E-state index in [-0.39, 0.29) is 0 Å². The number of ether oxygens (including phenoxy) is 1. The summed E-state index contributed by atoms with van der Waals surface area (Å²) in [5, 5.41) is 3.87. The van der Waals surface area contributed by atoms with Crippen molar-refractivity contribution in [3.05, 3.63) is 17.5 Å². The maximum Gasteiger partial charge on any atom is 0.150 e. The molecule has 0 aromatic carbocycles. The molecule has 1 aliphatic rings. The lowest BCUT2D eigenvalue weighted by Gasteiger charge is -2.30. The lowest BCUT2D eigenvalue weighted by atomic mass is 10.3. The molecule has 0 unspecified atom stereocenters. The van der Waals surface area contributed by atoms with Gasteiger partial charge < -0.3 is 9.26 Å². The molecule has 1 fully saturated rings. The molecule has 0 bridgehead atoms. The van der Waals surface area contributed by atoms with Crippen molar-refractivity contribution in [1.82, 2.24) is 10.1 Å². The van der Waals surface area contributed by atoms with Gasteiger partial charge in [0.1, 0.15) is 0 Å². The Hall–Kier alpha value is -0.870. The normalized spacial score (nSPS) is 24.0. The minimum atomic E-state index is 0.327. The number of rotatable bonds is 2. The molecular formula is C10H16N2O2. The predicted molar refractivity (Wildman–Crippen MR) is 51.9 cm³/mol. The fourth-order valence-corrected chi connectivity index (χ4v) is 1.75. The zero-order valence-electron chi connectivity index (χ0n) is 8.69. The first-order chi connectivity index (χ1) is 6.74. The molecule has 2 heterocycles. The van der Waals surface area contributed by atoms with E-state index in [0.29, 0.717) is 6.10 Å². The number of aryl methyl sites for hydroxylation is 1. The molecule has 4 nitrogen and oxygen atoms in total. The van der Waals surface area contributed by atoms with E-state index in [9.17, 15) is 0 Å². The third-order valence-electron chi connectivity index (χ3n) is 2.38. The first-order valence-electron chi connectivity index (χ1n) is 5.00. The van der Waals surface area contributed by atoms with Crippen LogP contribution >= 0.6 is 0 Å². The van der Waals surface area contributed by atoms with Crippen LogP contribution in [-0.2, 0) is 11.3 Å². The molecule has 0 amide bonds. The molecule has 78 valence electrons. The number of nitrogens with zero attached hydrogens (tertiary/aromatic N) is 2. The van der Waals surface area contributed by atoms with E-state index in [1.54, 1.807) is 0 Å². The fraction of sp³-hybridized carbons (Fsp3) is 0.700. The van der Waals surface area contributed by atoms with Gasteiger partial charge in [-0.15, -0.1) is 0 Å². The summed E-state index contributed by atoms with van der Waals surface area (Å²) in [6.45, 7) is 7.64. The highest BCUT2D eigenvalue weighted by Crippen LogP contribution is 2.10. The Morgan fingerprint density at radius 1 is 1.64 bits per heavy atom. The third kappa shape index (κ3) is 2.33. The van der Waals surface area contributed by atoms with Crippen LogP contribution in [0.2, 0.25) is 0 Å². The van der Waals surface area contributed by atoms with Gasteiger partial charge in [-0.25, -0.2) is 0 Å². The van der Waals surface area contributed by atoms with Crippen molar-refractivity contribution in [3.63, 3.8) is 0 Å². The van der Waals surface area contributed by atoms with Gasteiger partial charge in [0.15, 0.2) is 5.76 Å². The first-order valence-corrected chi connectivity index (χ1v) is 5.00. The highest BCUT2D eigenvalue weighted by atomic mass is 16.5. The highest BCUT2D eigenvalue weighted by Gasteiger charge is 2.17. The minimum Gasteiger partial charge on any atom is -0.376 e. The van der Waals surface area contributed by atoms with Crippen molar-refractivity contribution in [3.8, 4) is 0 Å².